The molecule has 1 saturated heterocycles. The molecular weight excluding hydrogens is 396 g/mol. The van der Waals surface area contributed by atoms with Crippen molar-refractivity contribution in [1.82, 2.24) is 9.62 Å². The zero-order valence-electron chi connectivity index (χ0n) is 16.1. The van der Waals surface area contributed by atoms with E-state index in [1.165, 1.54) is 16.4 Å². The second-order valence-electron chi connectivity index (χ2n) is 7.10. The summed E-state index contributed by atoms with van der Waals surface area (Å²) in [5.41, 5.74) is 2.45. The number of hydrogen-bond donors (Lipinski definition) is 1. The molecular formula is C21H25ClN2O3S. The van der Waals surface area contributed by atoms with Crippen molar-refractivity contribution >= 4 is 27.5 Å². The van der Waals surface area contributed by atoms with E-state index in [9.17, 15) is 13.2 Å². The molecule has 0 aromatic heterocycles. The summed E-state index contributed by atoms with van der Waals surface area (Å²) in [6, 6.07) is 12.3. The number of nitrogens with one attached hydrogen (secondary N) is 1. The predicted molar refractivity (Wildman–Crippen MR) is 111 cm³/mol. The van der Waals surface area contributed by atoms with Gasteiger partial charge in [0.2, 0.25) is 10.0 Å². The lowest BCUT2D eigenvalue weighted by atomic mass is 10.0. The van der Waals surface area contributed by atoms with Crippen LogP contribution in [-0.2, 0) is 10.0 Å². The quantitative estimate of drug-likeness (QED) is 0.756. The zero-order chi connectivity index (χ0) is 20.3. The molecule has 0 aliphatic carbocycles. The van der Waals surface area contributed by atoms with Crippen molar-refractivity contribution in [2.45, 2.75) is 44.0 Å². The molecule has 0 saturated carbocycles. The number of carbonyl (C=O) groups excluding carboxylic acids is 1. The van der Waals surface area contributed by atoms with Gasteiger partial charge in [0.1, 0.15) is 4.90 Å². The van der Waals surface area contributed by atoms with E-state index < -0.39 is 10.0 Å². The Kier molecular flexibility index (Phi) is 6.43. The highest BCUT2D eigenvalue weighted by Crippen LogP contribution is 2.28. The van der Waals surface area contributed by atoms with Crippen LogP contribution in [0.25, 0.3) is 0 Å². The van der Waals surface area contributed by atoms with Crippen molar-refractivity contribution in [2.24, 2.45) is 0 Å². The van der Waals surface area contributed by atoms with Gasteiger partial charge in [0.15, 0.2) is 0 Å². The van der Waals surface area contributed by atoms with E-state index in [0.717, 1.165) is 30.4 Å². The first-order chi connectivity index (χ1) is 13.3. The van der Waals surface area contributed by atoms with Gasteiger partial charge >= 0.3 is 0 Å². The summed E-state index contributed by atoms with van der Waals surface area (Å²) < 4.78 is 27.2. The van der Waals surface area contributed by atoms with Gasteiger partial charge in [-0.15, -0.1) is 0 Å². The Labute approximate surface area is 171 Å². The Morgan fingerprint density at radius 3 is 2.39 bits per heavy atom. The first kappa shape index (κ1) is 20.8. The van der Waals surface area contributed by atoms with E-state index >= 15 is 0 Å². The minimum atomic E-state index is -3.69. The molecule has 1 fully saturated rings. The predicted octanol–water partition coefficient (Wildman–Crippen LogP) is 4.31. The third kappa shape index (κ3) is 4.40. The van der Waals surface area contributed by atoms with Gasteiger partial charge in [0.25, 0.3) is 5.91 Å². The van der Waals surface area contributed by atoms with Crippen LogP contribution in [0.5, 0.6) is 0 Å². The van der Waals surface area contributed by atoms with Crippen LogP contribution in [0.4, 0.5) is 0 Å². The Hall–Kier alpha value is -1.89. The van der Waals surface area contributed by atoms with Crippen LogP contribution in [0.3, 0.4) is 0 Å². The van der Waals surface area contributed by atoms with Crippen LogP contribution in [0, 0.1) is 6.92 Å². The first-order valence-corrected chi connectivity index (χ1v) is 11.3. The van der Waals surface area contributed by atoms with Crippen LogP contribution in [0.2, 0.25) is 5.02 Å². The van der Waals surface area contributed by atoms with Crippen molar-refractivity contribution in [3.63, 3.8) is 0 Å². The van der Waals surface area contributed by atoms with Crippen molar-refractivity contribution in [3.05, 3.63) is 64.2 Å². The summed E-state index contributed by atoms with van der Waals surface area (Å²) >= 11 is 6.17. The van der Waals surface area contributed by atoms with Crippen molar-refractivity contribution in [2.75, 3.05) is 13.1 Å². The number of hydrogen-bond acceptors (Lipinski definition) is 3. The molecule has 0 radical (unpaired) electrons. The van der Waals surface area contributed by atoms with E-state index in [1.807, 2.05) is 38.1 Å². The molecule has 28 heavy (non-hydrogen) atoms. The molecule has 2 aromatic carbocycles. The summed E-state index contributed by atoms with van der Waals surface area (Å²) in [6.45, 7) is 4.98. The SMILES string of the molecule is CC[C@H](NC(=O)c1ccc(Cl)c(S(=O)(=O)N2CCCC2)c1)c1ccc(C)cc1. The summed E-state index contributed by atoms with van der Waals surface area (Å²) in [5, 5.41) is 3.13. The number of nitrogens with zero attached hydrogens (tertiary/aromatic N) is 1. The molecule has 5 nitrogen and oxygen atoms in total. The molecule has 150 valence electrons. The number of sulfonamides is 1. The lowest BCUT2D eigenvalue weighted by molar-refractivity contribution is 0.0935. The molecule has 1 atom stereocenters. The van der Waals surface area contributed by atoms with Crippen LogP contribution in [0.15, 0.2) is 47.4 Å². The van der Waals surface area contributed by atoms with Gasteiger partial charge in [0, 0.05) is 18.7 Å². The average Bonchev–Trinajstić information content (AvgIpc) is 3.22. The van der Waals surface area contributed by atoms with E-state index in [-0.39, 0.29) is 27.4 Å². The molecule has 3 rings (SSSR count). The van der Waals surface area contributed by atoms with Crippen LogP contribution in [-0.4, -0.2) is 31.7 Å². The fourth-order valence-corrected chi connectivity index (χ4v) is 5.39. The molecule has 7 heteroatoms. The van der Waals surface area contributed by atoms with Gasteiger partial charge in [0.05, 0.1) is 11.1 Å². The minimum Gasteiger partial charge on any atom is -0.345 e. The molecule has 1 N–H and O–H groups in total. The van der Waals surface area contributed by atoms with Crippen LogP contribution < -0.4 is 5.32 Å². The van der Waals surface area contributed by atoms with Crippen LogP contribution >= 0.6 is 11.6 Å². The van der Waals surface area contributed by atoms with Gasteiger partial charge in [-0.25, -0.2) is 8.42 Å². The second-order valence-corrected chi connectivity index (χ2v) is 9.41. The molecule has 1 heterocycles. The maximum absolute atomic E-state index is 12.9. The molecule has 2 aromatic rings. The fourth-order valence-electron chi connectivity index (χ4n) is 3.37. The number of amides is 1. The summed E-state index contributed by atoms with van der Waals surface area (Å²) in [7, 11) is -3.69. The molecule has 1 amide bonds. The number of carbonyl (C=O) groups is 1. The third-order valence-electron chi connectivity index (χ3n) is 5.07. The van der Waals surface area contributed by atoms with Crippen LogP contribution in [0.1, 0.15) is 53.7 Å². The van der Waals surface area contributed by atoms with Crippen molar-refractivity contribution in [3.8, 4) is 0 Å². The minimum absolute atomic E-state index is 0.00731. The van der Waals surface area contributed by atoms with E-state index in [4.69, 9.17) is 11.6 Å². The highest BCUT2D eigenvalue weighted by atomic mass is 35.5. The van der Waals surface area contributed by atoms with E-state index in [1.54, 1.807) is 6.07 Å². The van der Waals surface area contributed by atoms with Crippen molar-refractivity contribution in [1.29, 1.82) is 0 Å². The zero-order valence-corrected chi connectivity index (χ0v) is 17.7. The van der Waals surface area contributed by atoms with E-state index in [0.29, 0.717) is 13.1 Å². The first-order valence-electron chi connectivity index (χ1n) is 9.50. The smallest absolute Gasteiger partial charge is 0.251 e. The highest BCUT2D eigenvalue weighted by molar-refractivity contribution is 7.89. The number of rotatable bonds is 6. The second kappa shape index (κ2) is 8.64. The molecule has 1 aliphatic heterocycles. The topological polar surface area (TPSA) is 66.5 Å². The standard InChI is InChI=1S/C21H25ClN2O3S/c1-3-19(16-8-6-15(2)7-9-16)23-21(25)17-10-11-18(22)20(14-17)28(26,27)24-12-4-5-13-24/h6-11,14,19H,3-5,12-13H2,1-2H3,(H,23,25)/t19-/m0/s1. The Morgan fingerprint density at radius 2 is 1.79 bits per heavy atom. The maximum Gasteiger partial charge on any atom is 0.251 e. The number of halogens is 1. The average molecular weight is 421 g/mol. The molecule has 1 aliphatic rings. The monoisotopic (exact) mass is 420 g/mol. The van der Waals surface area contributed by atoms with E-state index in [2.05, 4.69) is 5.32 Å². The highest BCUT2D eigenvalue weighted by Gasteiger charge is 2.30. The van der Waals surface area contributed by atoms with Gasteiger partial charge in [-0.3, -0.25) is 4.79 Å². The lowest BCUT2D eigenvalue weighted by Gasteiger charge is -2.19. The Balaban J connectivity index is 1.85. The molecule has 0 bridgehead atoms. The largest absolute Gasteiger partial charge is 0.345 e. The number of aryl methyl sites for hydroxylation is 1. The fraction of sp³-hybridized carbons (Fsp3) is 0.381. The molecule has 0 spiro atoms. The Morgan fingerprint density at radius 1 is 1.14 bits per heavy atom. The van der Waals surface area contributed by atoms with Gasteiger partial charge in [-0.1, -0.05) is 48.4 Å². The summed E-state index contributed by atoms with van der Waals surface area (Å²) in [6.07, 6.45) is 2.40. The van der Waals surface area contributed by atoms with Crippen molar-refractivity contribution < 1.29 is 13.2 Å². The van der Waals surface area contributed by atoms with Gasteiger partial charge < -0.3 is 5.32 Å². The number of benzene rings is 2. The third-order valence-corrected chi connectivity index (χ3v) is 7.45. The lowest BCUT2D eigenvalue weighted by Crippen LogP contribution is -2.30. The summed E-state index contributed by atoms with van der Waals surface area (Å²) in [4.78, 5) is 12.8. The van der Waals surface area contributed by atoms with Gasteiger partial charge in [-0.2, -0.15) is 4.31 Å². The van der Waals surface area contributed by atoms with Gasteiger partial charge in [-0.05, 0) is 49.9 Å². The Bertz CT molecular complexity index is 952. The maximum atomic E-state index is 12.9. The normalized spacial score (nSPS) is 16.1. The molecule has 0 unspecified atom stereocenters. The summed E-state index contributed by atoms with van der Waals surface area (Å²) in [5.74, 6) is -0.318.